The lowest BCUT2D eigenvalue weighted by Crippen LogP contribution is -2.27. The van der Waals surface area contributed by atoms with Gasteiger partial charge in [0.15, 0.2) is 0 Å². The van der Waals surface area contributed by atoms with Crippen LogP contribution in [0.3, 0.4) is 0 Å². The lowest BCUT2D eigenvalue weighted by atomic mass is 10.2. The fraction of sp³-hybridized carbons (Fsp3) is 0.381. The van der Waals surface area contributed by atoms with E-state index in [2.05, 4.69) is 29.3 Å². The van der Waals surface area contributed by atoms with Gasteiger partial charge in [0.05, 0.1) is 16.0 Å². The molecule has 0 saturated carbocycles. The first-order valence-corrected chi connectivity index (χ1v) is 11.7. The van der Waals surface area contributed by atoms with Gasteiger partial charge < -0.3 is 4.90 Å². The number of nitrogens with one attached hydrogen (secondary N) is 1. The predicted molar refractivity (Wildman–Crippen MR) is 122 cm³/mol. The molecule has 1 saturated heterocycles. The van der Waals surface area contributed by atoms with Crippen molar-refractivity contribution in [2.45, 2.75) is 31.6 Å². The summed E-state index contributed by atoms with van der Waals surface area (Å²) < 4.78 is 26.7. The first-order valence-electron chi connectivity index (χ1n) is 10.3. The number of benzene rings is 2. The number of nitro benzene ring substituents is 1. The van der Waals surface area contributed by atoms with Crippen LogP contribution in [-0.4, -0.2) is 50.0 Å². The van der Waals surface area contributed by atoms with Gasteiger partial charge in [-0.25, -0.2) is 8.42 Å². The predicted octanol–water partition coefficient (Wildman–Crippen LogP) is 3.67. The average Bonchev–Trinajstić information content (AvgIpc) is 3.31. The molecular weight excluding hydrogens is 418 g/mol. The van der Waals surface area contributed by atoms with Crippen molar-refractivity contribution < 1.29 is 13.3 Å². The minimum absolute atomic E-state index is 0.0809. The van der Waals surface area contributed by atoms with E-state index >= 15 is 0 Å². The number of hydrogen-bond acceptors (Lipinski definition) is 7. The van der Waals surface area contributed by atoms with Crippen molar-refractivity contribution in [3.63, 3.8) is 0 Å². The van der Waals surface area contributed by atoms with E-state index in [1.54, 1.807) is 6.21 Å². The summed E-state index contributed by atoms with van der Waals surface area (Å²) in [6.45, 7) is 6.90. The maximum absolute atomic E-state index is 12.7. The Hall–Kier alpha value is -2.98. The van der Waals surface area contributed by atoms with E-state index in [-0.39, 0.29) is 16.3 Å². The van der Waals surface area contributed by atoms with Gasteiger partial charge in [-0.3, -0.25) is 15.5 Å². The monoisotopic (exact) mass is 445 g/mol. The molecule has 0 bridgehead atoms. The third-order valence-corrected chi connectivity index (χ3v) is 7.18. The smallest absolute Gasteiger partial charge is 0.295 e. The summed E-state index contributed by atoms with van der Waals surface area (Å²) in [7, 11) is -3.73. The van der Waals surface area contributed by atoms with E-state index in [4.69, 9.17) is 0 Å². The normalized spacial score (nSPS) is 14.8. The molecule has 0 unspecified atom stereocenters. The number of rotatable bonds is 9. The second kappa shape index (κ2) is 9.88. The highest BCUT2D eigenvalue weighted by atomic mass is 32.2. The molecule has 0 atom stereocenters. The van der Waals surface area contributed by atoms with Crippen molar-refractivity contribution in [2.24, 2.45) is 5.10 Å². The number of nitrogens with zero attached hydrogens (tertiary/aromatic N) is 4. The van der Waals surface area contributed by atoms with Gasteiger partial charge in [0.2, 0.25) is 10.0 Å². The van der Waals surface area contributed by atoms with Crippen LogP contribution in [-0.2, 0) is 10.0 Å². The fourth-order valence-corrected chi connectivity index (χ4v) is 5.07. The van der Waals surface area contributed by atoms with Crippen LogP contribution >= 0.6 is 0 Å². The number of sulfonamides is 1. The Morgan fingerprint density at radius 3 is 2.35 bits per heavy atom. The molecule has 1 aliphatic heterocycles. The SMILES string of the molecule is CCN(CC)c1ccc(C=NNc2ccc(S(=O)(=O)N3CCCC3)cc2[N+](=O)[O-])cc1. The molecule has 31 heavy (non-hydrogen) atoms. The Bertz CT molecular complexity index is 1040. The number of nitro groups is 1. The molecule has 0 spiro atoms. The summed E-state index contributed by atoms with van der Waals surface area (Å²) in [5.41, 5.74) is 4.39. The summed E-state index contributed by atoms with van der Waals surface area (Å²) in [5.74, 6) is 0. The third-order valence-electron chi connectivity index (χ3n) is 5.29. The summed E-state index contributed by atoms with van der Waals surface area (Å²) in [6, 6.07) is 11.7. The van der Waals surface area contributed by atoms with E-state index in [0.717, 1.165) is 43.2 Å². The minimum Gasteiger partial charge on any atom is -0.372 e. The maximum Gasteiger partial charge on any atom is 0.295 e. The average molecular weight is 446 g/mol. The Kier molecular flexibility index (Phi) is 7.24. The van der Waals surface area contributed by atoms with Crippen molar-refractivity contribution in [3.8, 4) is 0 Å². The summed E-state index contributed by atoms with van der Waals surface area (Å²) in [6.07, 6.45) is 3.15. The maximum atomic E-state index is 12.7. The highest BCUT2D eigenvalue weighted by Gasteiger charge is 2.29. The molecule has 2 aromatic rings. The molecule has 0 aliphatic carbocycles. The molecule has 9 nitrogen and oxygen atoms in total. The molecule has 10 heteroatoms. The third kappa shape index (κ3) is 5.20. The molecule has 0 radical (unpaired) electrons. The van der Waals surface area contributed by atoms with E-state index in [0.29, 0.717) is 13.1 Å². The summed E-state index contributed by atoms with van der Waals surface area (Å²) in [4.78, 5) is 13.0. The molecule has 1 aliphatic rings. The van der Waals surface area contributed by atoms with Gasteiger partial charge in [0.1, 0.15) is 5.69 Å². The Balaban J connectivity index is 1.76. The fourth-order valence-electron chi connectivity index (χ4n) is 3.53. The standard InChI is InChI=1S/C21H27N5O4S/c1-3-24(4-2)18-9-7-17(8-10-18)16-22-23-20-12-11-19(15-21(20)26(27)28)31(29,30)25-13-5-6-14-25/h7-12,15-16,23H,3-6,13-14H2,1-2H3. The van der Waals surface area contributed by atoms with Crippen LogP contribution in [0.2, 0.25) is 0 Å². The second-order valence-electron chi connectivity index (χ2n) is 7.18. The largest absolute Gasteiger partial charge is 0.372 e. The van der Waals surface area contributed by atoms with Gasteiger partial charge in [-0.05, 0) is 56.5 Å². The van der Waals surface area contributed by atoms with Gasteiger partial charge in [-0.1, -0.05) is 12.1 Å². The van der Waals surface area contributed by atoms with Crippen LogP contribution in [0, 0.1) is 10.1 Å². The zero-order valence-electron chi connectivity index (χ0n) is 17.7. The van der Waals surface area contributed by atoms with Gasteiger partial charge in [0.25, 0.3) is 5.69 Å². The van der Waals surface area contributed by atoms with Crippen LogP contribution in [0.5, 0.6) is 0 Å². The van der Waals surface area contributed by atoms with Crippen molar-refractivity contribution in [2.75, 3.05) is 36.5 Å². The van der Waals surface area contributed by atoms with E-state index in [1.165, 1.54) is 16.4 Å². The van der Waals surface area contributed by atoms with Crippen molar-refractivity contribution in [1.82, 2.24) is 4.31 Å². The molecular formula is C21H27N5O4S. The van der Waals surface area contributed by atoms with Crippen LogP contribution < -0.4 is 10.3 Å². The van der Waals surface area contributed by atoms with Gasteiger partial charge in [-0.15, -0.1) is 0 Å². The highest BCUT2D eigenvalue weighted by molar-refractivity contribution is 7.89. The molecule has 1 fully saturated rings. The zero-order valence-corrected chi connectivity index (χ0v) is 18.5. The topological polar surface area (TPSA) is 108 Å². The number of hydrazone groups is 1. The Labute approximate surface area is 182 Å². The molecule has 1 N–H and O–H groups in total. The molecule has 3 rings (SSSR count). The van der Waals surface area contributed by atoms with Crippen molar-refractivity contribution in [3.05, 3.63) is 58.1 Å². The summed E-state index contributed by atoms with van der Waals surface area (Å²) >= 11 is 0. The van der Waals surface area contributed by atoms with Crippen LogP contribution in [0.15, 0.2) is 52.5 Å². The van der Waals surface area contributed by atoms with Crippen LogP contribution in [0.4, 0.5) is 17.1 Å². The first-order chi connectivity index (χ1) is 14.9. The van der Waals surface area contributed by atoms with Gasteiger partial charge in [0, 0.05) is 37.9 Å². The lowest BCUT2D eigenvalue weighted by molar-refractivity contribution is -0.384. The summed E-state index contributed by atoms with van der Waals surface area (Å²) in [5, 5.41) is 15.6. The molecule has 1 heterocycles. The molecule has 0 aromatic heterocycles. The van der Waals surface area contributed by atoms with Crippen molar-refractivity contribution in [1.29, 1.82) is 0 Å². The Morgan fingerprint density at radius 1 is 1.13 bits per heavy atom. The number of anilines is 2. The highest BCUT2D eigenvalue weighted by Crippen LogP contribution is 2.30. The van der Waals surface area contributed by atoms with E-state index in [1.807, 2.05) is 24.3 Å². The van der Waals surface area contributed by atoms with E-state index < -0.39 is 14.9 Å². The molecule has 166 valence electrons. The second-order valence-corrected chi connectivity index (χ2v) is 9.12. The van der Waals surface area contributed by atoms with Crippen LogP contribution in [0.25, 0.3) is 0 Å². The molecule has 2 aromatic carbocycles. The van der Waals surface area contributed by atoms with Gasteiger partial charge >= 0.3 is 0 Å². The van der Waals surface area contributed by atoms with E-state index in [9.17, 15) is 18.5 Å². The number of hydrogen-bond donors (Lipinski definition) is 1. The lowest BCUT2D eigenvalue weighted by Gasteiger charge is -2.20. The Morgan fingerprint density at radius 2 is 1.77 bits per heavy atom. The molecule has 0 amide bonds. The van der Waals surface area contributed by atoms with Crippen molar-refractivity contribution >= 4 is 33.3 Å². The van der Waals surface area contributed by atoms with Gasteiger partial charge in [-0.2, -0.15) is 9.41 Å². The van der Waals surface area contributed by atoms with Crippen LogP contribution in [0.1, 0.15) is 32.3 Å². The quantitative estimate of drug-likeness (QED) is 0.358. The zero-order chi connectivity index (χ0) is 22.4. The first kappa shape index (κ1) is 22.7. The minimum atomic E-state index is -3.73.